The minimum atomic E-state index is -0.104. The lowest BCUT2D eigenvalue weighted by atomic mass is 9.75. The summed E-state index contributed by atoms with van der Waals surface area (Å²) in [5.41, 5.74) is 12.2. The van der Waals surface area contributed by atoms with E-state index in [0.717, 1.165) is 34.1 Å². The molecule has 2 aliphatic rings. The summed E-state index contributed by atoms with van der Waals surface area (Å²) in [5, 5.41) is 12.6. The third-order valence-electron chi connectivity index (χ3n) is 12.9. The maximum absolute atomic E-state index is 6.56. The molecule has 2 heteroatoms. The number of para-hydroxylation sites is 2. The molecule has 278 valence electrons. The fourth-order valence-electron chi connectivity index (χ4n) is 10.3. The number of hydrogen-bond donors (Lipinski definition) is 0. The van der Waals surface area contributed by atoms with Crippen LogP contribution in [-0.4, -0.2) is 0 Å². The lowest BCUT2D eigenvalue weighted by Crippen LogP contribution is -2.14. The summed E-state index contributed by atoms with van der Waals surface area (Å²) in [4.78, 5) is 0. The molecule has 0 aliphatic carbocycles. The molecule has 0 amide bonds. The van der Waals surface area contributed by atoms with Crippen molar-refractivity contribution in [3.05, 3.63) is 157 Å². The normalized spacial score (nSPS) is 13.3. The van der Waals surface area contributed by atoms with Crippen LogP contribution in [0.25, 0.3) is 98.4 Å². The Labute approximate surface area is 338 Å². The van der Waals surface area contributed by atoms with Gasteiger partial charge in [0.2, 0.25) is 0 Å². The molecular formula is C56H42O2. The predicted octanol–water partition coefficient (Wildman–Crippen LogP) is 16.4. The van der Waals surface area contributed by atoms with Gasteiger partial charge < -0.3 is 9.47 Å². The molecule has 0 aromatic heterocycles. The van der Waals surface area contributed by atoms with E-state index in [1.165, 1.54) is 98.4 Å². The minimum absolute atomic E-state index is 0.104. The van der Waals surface area contributed by atoms with Gasteiger partial charge in [-0.25, -0.2) is 0 Å². The van der Waals surface area contributed by atoms with Crippen molar-refractivity contribution in [3.63, 3.8) is 0 Å². The Morgan fingerprint density at radius 1 is 0.276 bits per heavy atom. The molecule has 0 atom stereocenters. The molecule has 0 spiro atoms. The molecule has 10 aromatic rings. The van der Waals surface area contributed by atoms with E-state index in [-0.39, 0.29) is 10.8 Å². The summed E-state index contributed by atoms with van der Waals surface area (Å²) < 4.78 is 13.1. The van der Waals surface area contributed by atoms with Gasteiger partial charge in [-0.2, -0.15) is 0 Å². The maximum atomic E-state index is 6.56. The highest BCUT2D eigenvalue weighted by Gasteiger charge is 2.29. The van der Waals surface area contributed by atoms with Gasteiger partial charge in [-0.05, 0) is 135 Å². The maximum Gasteiger partial charge on any atom is 0.135 e. The van der Waals surface area contributed by atoms with Gasteiger partial charge in [-0.3, -0.25) is 0 Å². The van der Waals surface area contributed by atoms with Crippen molar-refractivity contribution in [2.24, 2.45) is 0 Å². The number of rotatable bonds is 2. The average molecular weight is 747 g/mol. The highest BCUT2D eigenvalue weighted by molar-refractivity contribution is 6.30. The Kier molecular flexibility index (Phi) is 6.63. The minimum Gasteiger partial charge on any atom is -0.456 e. The molecule has 2 heterocycles. The molecule has 0 unspecified atom stereocenters. The third-order valence-corrected chi connectivity index (χ3v) is 12.9. The summed E-state index contributed by atoms with van der Waals surface area (Å²) in [6, 6.07) is 53.8. The van der Waals surface area contributed by atoms with Crippen molar-refractivity contribution in [2.45, 2.75) is 52.4 Å². The second-order valence-electron chi connectivity index (χ2n) is 18.4. The van der Waals surface area contributed by atoms with E-state index in [0.29, 0.717) is 0 Å². The van der Waals surface area contributed by atoms with Crippen LogP contribution < -0.4 is 9.47 Å². The predicted molar refractivity (Wildman–Crippen MR) is 244 cm³/mol. The van der Waals surface area contributed by atoms with Gasteiger partial charge in [0.15, 0.2) is 0 Å². The van der Waals surface area contributed by atoms with Crippen LogP contribution in [0, 0.1) is 0 Å². The highest BCUT2D eigenvalue weighted by atomic mass is 16.5. The van der Waals surface area contributed by atoms with E-state index in [2.05, 4.69) is 175 Å². The Hall–Kier alpha value is -6.64. The second-order valence-corrected chi connectivity index (χ2v) is 18.4. The van der Waals surface area contributed by atoms with Crippen LogP contribution in [0.4, 0.5) is 0 Å². The van der Waals surface area contributed by atoms with Crippen molar-refractivity contribution >= 4 is 53.9 Å². The summed E-state index contributed by atoms with van der Waals surface area (Å²) in [5.74, 6) is 3.64. The first-order valence-electron chi connectivity index (χ1n) is 20.5. The van der Waals surface area contributed by atoms with Crippen LogP contribution in [-0.2, 0) is 10.8 Å². The first kappa shape index (κ1) is 33.5. The molecule has 0 N–H and O–H groups in total. The Morgan fingerprint density at radius 2 is 0.655 bits per heavy atom. The van der Waals surface area contributed by atoms with Crippen molar-refractivity contribution in [3.8, 4) is 67.5 Å². The second kappa shape index (κ2) is 11.5. The SMILES string of the molecule is CC(C)(C)c1cc(-c2ccc3c4c(cccc24)-c2ccccc2O3)c2ccc3c(C(C)(C)C)cc(-c4ccc5c6c(cccc46)Oc4ccccc4-5)c4ccc1c2c43. The number of ether oxygens (including phenoxy) is 2. The van der Waals surface area contributed by atoms with E-state index in [4.69, 9.17) is 9.47 Å². The quantitative estimate of drug-likeness (QED) is 0.164. The molecule has 0 bridgehead atoms. The Balaban J connectivity index is 1.20. The smallest absolute Gasteiger partial charge is 0.135 e. The molecule has 0 saturated heterocycles. The first-order valence-corrected chi connectivity index (χ1v) is 20.5. The van der Waals surface area contributed by atoms with E-state index in [9.17, 15) is 0 Å². The summed E-state index contributed by atoms with van der Waals surface area (Å²) in [6.45, 7) is 14.1. The zero-order valence-electron chi connectivity index (χ0n) is 33.7. The van der Waals surface area contributed by atoms with Crippen molar-refractivity contribution in [1.29, 1.82) is 0 Å². The lowest BCUT2D eigenvalue weighted by Gasteiger charge is -2.29. The van der Waals surface area contributed by atoms with Gasteiger partial charge in [0.25, 0.3) is 0 Å². The fourth-order valence-corrected chi connectivity index (χ4v) is 10.3. The summed E-state index contributed by atoms with van der Waals surface area (Å²) in [6.07, 6.45) is 0. The van der Waals surface area contributed by atoms with Crippen LogP contribution in [0.2, 0.25) is 0 Å². The number of benzene rings is 10. The van der Waals surface area contributed by atoms with E-state index in [1.807, 2.05) is 12.1 Å². The first-order chi connectivity index (χ1) is 28.0. The largest absolute Gasteiger partial charge is 0.456 e. The molecule has 12 rings (SSSR count). The zero-order chi connectivity index (χ0) is 39.2. The average Bonchev–Trinajstić information content (AvgIpc) is 3.22. The van der Waals surface area contributed by atoms with Crippen LogP contribution >= 0.6 is 0 Å². The Bertz CT molecular complexity index is 3230. The summed E-state index contributed by atoms with van der Waals surface area (Å²) >= 11 is 0. The third kappa shape index (κ3) is 4.55. The molecule has 0 saturated carbocycles. The van der Waals surface area contributed by atoms with Gasteiger partial charge in [-0.15, -0.1) is 0 Å². The molecule has 58 heavy (non-hydrogen) atoms. The van der Waals surface area contributed by atoms with E-state index < -0.39 is 0 Å². The molecule has 0 radical (unpaired) electrons. The van der Waals surface area contributed by atoms with Gasteiger partial charge in [0.05, 0.1) is 0 Å². The lowest BCUT2D eigenvalue weighted by molar-refractivity contribution is 0.487. The highest BCUT2D eigenvalue weighted by Crippen LogP contribution is 2.54. The van der Waals surface area contributed by atoms with Crippen molar-refractivity contribution in [1.82, 2.24) is 0 Å². The van der Waals surface area contributed by atoms with Crippen molar-refractivity contribution in [2.75, 3.05) is 0 Å². The van der Waals surface area contributed by atoms with Crippen molar-refractivity contribution < 1.29 is 9.47 Å². The van der Waals surface area contributed by atoms with Gasteiger partial charge >= 0.3 is 0 Å². The van der Waals surface area contributed by atoms with Crippen LogP contribution in [0.5, 0.6) is 23.0 Å². The molecule has 2 aliphatic heterocycles. The van der Waals surface area contributed by atoms with Crippen LogP contribution in [0.3, 0.4) is 0 Å². The molecule has 10 aromatic carbocycles. The van der Waals surface area contributed by atoms with Gasteiger partial charge in [0.1, 0.15) is 23.0 Å². The van der Waals surface area contributed by atoms with E-state index in [1.54, 1.807) is 0 Å². The summed E-state index contributed by atoms with van der Waals surface area (Å²) in [7, 11) is 0. The standard InChI is InChI=1S/C56H42O2/c1-55(2,3)45-29-43(31-21-22-38-34-14-8-10-19-48(34)57-49-20-12-17-36(31)52(38)49)39-23-25-42-46(56(4,5)6)30-44(40-24-26-41(45)53(39)54(40)42)32-27-28-50-51-35(32)15-11-16-37(51)33-13-7-9-18-47(33)58-50/h7-30H,1-6H3. The monoisotopic (exact) mass is 746 g/mol. The topological polar surface area (TPSA) is 18.5 Å². The van der Waals surface area contributed by atoms with Crippen LogP contribution in [0.15, 0.2) is 146 Å². The van der Waals surface area contributed by atoms with Crippen LogP contribution in [0.1, 0.15) is 52.7 Å². The Morgan fingerprint density at radius 3 is 1.19 bits per heavy atom. The van der Waals surface area contributed by atoms with E-state index >= 15 is 0 Å². The fraction of sp³-hybridized carbons (Fsp3) is 0.143. The zero-order valence-corrected chi connectivity index (χ0v) is 33.7. The van der Waals surface area contributed by atoms with Gasteiger partial charge in [0, 0.05) is 21.9 Å². The molecular weight excluding hydrogens is 705 g/mol. The molecule has 0 fully saturated rings. The molecule has 2 nitrogen and oxygen atoms in total. The number of fused-ring (bicyclic) bond motifs is 4. The number of hydrogen-bond acceptors (Lipinski definition) is 2. The van der Waals surface area contributed by atoms with Gasteiger partial charge in [-0.1, -0.05) is 151 Å².